The molecular weight excluding hydrogens is 354 g/mol. The number of imidazole rings is 1. The zero-order valence-electron chi connectivity index (χ0n) is 16.1. The van der Waals surface area contributed by atoms with E-state index in [1.807, 2.05) is 42.6 Å². The lowest BCUT2D eigenvalue weighted by Gasteiger charge is -2.37. The first-order chi connectivity index (χ1) is 13.5. The average molecular weight is 377 g/mol. The molecule has 2 aliphatic heterocycles. The second-order valence-corrected chi connectivity index (χ2v) is 7.75. The topological polar surface area (TPSA) is 67.1 Å². The minimum atomic E-state index is -0.417. The van der Waals surface area contributed by atoms with Gasteiger partial charge >= 0.3 is 0 Å². The number of aryl methyl sites for hydroxylation is 2. The summed E-state index contributed by atoms with van der Waals surface area (Å²) in [6.07, 6.45) is 3.00. The number of nitrogens with zero attached hydrogens (tertiary/aromatic N) is 3. The molecule has 1 saturated heterocycles. The first kappa shape index (κ1) is 17.3. The number of carbonyl (C=O) groups excluding carboxylic acids is 1. The molecule has 3 aromatic rings. The largest absolute Gasteiger partial charge is 0.481 e. The van der Waals surface area contributed by atoms with Crippen LogP contribution < -0.4 is 4.74 Å². The molecular formula is C22H23N3O3. The van der Waals surface area contributed by atoms with E-state index in [2.05, 4.69) is 12.1 Å². The molecule has 1 N–H and O–H groups in total. The van der Waals surface area contributed by atoms with Gasteiger partial charge in [-0.3, -0.25) is 4.79 Å². The van der Waals surface area contributed by atoms with E-state index in [1.54, 1.807) is 4.90 Å². The summed E-state index contributed by atoms with van der Waals surface area (Å²) in [5.41, 5.74) is 5.41. The van der Waals surface area contributed by atoms with Crippen LogP contribution in [0, 0.1) is 13.8 Å². The normalized spacial score (nSPS) is 19.2. The molecule has 28 heavy (non-hydrogen) atoms. The minimum Gasteiger partial charge on any atom is -0.481 e. The van der Waals surface area contributed by atoms with E-state index in [9.17, 15) is 9.90 Å². The highest BCUT2D eigenvalue weighted by Gasteiger charge is 2.34. The van der Waals surface area contributed by atoms with E-state index < -0.39 is 6.10 Å². The summed E-state index contributed by atoms with van der Waals surface area (Å²) in [4.78, 5) is 19.5. The van der Waals surface area contributed by atoms with Crippen molar-refractivity contribution in [2.24, 2.45) is 0 Å². The third-order valence-electron chi connectivity index (χ3n) is 5.92. The van der Waals surface area contributed by atoms with Crippen LogP contribution in [0.15, 0.2) is 36.5 Å². The van der Waals surface area contributed by atoms with E-state index >= 15 is 0 Å². The number of pyridine rings is 1. The molecule has 1 amide bonds. The van der Waals surface area contributed by atoms with E-state index in [0.717, 1.165) is 41.0 Å². The molecule has 0 saturated carbocycles. The minimum absolute atomic E-state index is 0.0454. The Morgan fingerprint density at radius 2 is 1.96 bits per heavy atom. The van der Waals surface area contributed by atoms with Gasteiger partial charge in [0.2, 0.25) is 0 Å². The van der Waals surface area contributed by atoms with Gasteiger partial charge < -0.3 is 19.1 Å². The number of hydrogen-bond acceptors (Lipinski definition) is 4. The van der Waals surface area contributed by atoms with E-state index in [0.29, 0.717) is 24.4 Å². The maximum Gasteiger partial charge on any atom is 0.255 e. The van der Waals surface area contributed by atoms with Gasteiger partial charge in [0.15, 0.2) is 11.4 Å². The lowest BCUT2D eigenvalue weighted by molar-refractivity contribution is 0.00568. The summed E-state index contributed by atoms with van der Waals surface area (Å²) in [6.45, 7) is 4.75. The molecule has 4 heterocycles. The van der Waals surface area contributed by atoms with Crippen LogP contribution in [-0.4, -0.2) is 44.5 Å². The fourth-order valence-corrected chi connectivity index (χ4v) is 4.14. The van der Waals surface area contributed by atoms with Crippen molar-refractivity contribution in [3.8, 4) is 5.75 Å². The fraction of sp³-hybridized carbons (Fsp3) is 0.364. The summed E-state index contributed by atoms with van der Waals surface area (Å²) in [6, 6.07) is 10.2. The van der Waals surface area contributed by atoms with Gasteiger partial charge in [-0.2, -0.15) is 0 Å². The molecule has 2 aromatic heterocycles. The second kappa shape index (κ2) is 6.34. The zero-order valence-corrected chi connectivity index (χ0v) is 16.1. The van der Waals surface area contributed by atoms with Crippen LogP contribution in [-0.2, 0) is 6.42 Å². The van der Waals surface area contributed by atoms with Crippen molar-refractivity contribution in [2.45, 2.75) is 38.9 Å². The molecule has 1 fully saturated rings. The molecule has 0 aliphatic carbocycles. The number of rotatable bonds is 2. The predicted molar refractivity (Wildman–Crippen MR) is 105 cm³/mol. The fourth-order valence-electron chi connectivity index (χ4n) is 4.14. The number of ether oxygens (including phenoxy) is 1. The van der Waals surface area contributed by atoms with Gasteiger partial charge in [-0.15, -0.1) is 0 Å². The Balaban J connectivity index is 1.63. The van der Waals surface area contributed by atoms with Gasteiger partial charge in [-0.05, 0) is 32.3 Å². The van der Waals surface area contributed by atoms with Crippen LogP contribution >= 0.6 is 0 Å². The second-order valence-electron chi connectivity index (χ2n) is 7.75. The number of carbonyl (C=O) groups is 1. The van der Waals surface area contributed by atoms with Crippen molar-refractivity contribution in [2.75, 3.05) is 13.1 Å². The maximum atomic E-state index is 13.1. The molecule has 6 heteroatoms. The molecule has 1 unspecified atom stereocenters. The number of fused-ring (bicyclic) bond motifs is 3. The van der Waals surface area contributed by atoms with Crippen LogP contribution in [0.4, 0.5) is 0 Å². The molecule has 5 rings (SSSR count). The monoisotopic (exact) mass is 377 g/mol. The number of aliphatic hydroxyl groups excluding tert-OH is 1. The lowest BCUT2D eigenvalue weighted by Crippen LogP contribution is -2.53. The highest BCUT2D eigenvalue weighted by molar-refractivity contribution is 5.97. The van der Waals surface area contributed by atoms with Gasteiger partial charge in [0.25, 0.3) is 5.91 Å². The van der Waals surface area contributed by atoms with Crippen LogP contribution in [0.5, 0.6) is 5.75 Å². The third kappa shape index (κ3) is 2.59. The smallest absolute Gasteiger partial charge is 0.255 e. The predicted octanol–water partition coefficient (Wildman–Crippen LogP) is 2.83. The number of amides is 1. The van der Waals surface area contributed by atoms with Gasteiger partial charge in [-0.1, -0.05) is 30.3 Å². The van der Waals surface area contributed by atoms with E-state index in [-0.39, 0.29) is 12.0 Å². The molecule has 0 radical (unpaired) electrons. The summed E-state index contributed by atoms with van der Waals surface area (Å²) in [5, 5.41) is 9.60. The summed E-state index contributed by atoms with van der Waals surface area (Å²) in [7, 11) is 0. The quantitative estimate of drug-likeness (QED) is 0.746. The molecule has 2 aliphatic rings. The number of likely N-dealkylation sites (tertiary alicyclic amines) is 1. The first-order valence-corrected chi connectivity index (χ1v) is 9.73. The van der Waals surface area contributed by atoms with Crippen LogP contribution in [0.25, 0.3) is 5.65 Å². The standard InChI is InChI=1S/C22H23N3O3/c1-13-14(2)25-12-18(22(27)24-10-16(26)11-24)17-8-9-19(15-6-4-3-5-7-15)28-20(17)21(25)23-13/h3-7,12,16,19,26H,8-11H2,1-2H3. The van der Waals surface area contributed by atoms with E-state index in [4.69, 9.17) is 9.72 Å². The zero-order chi connectivity index (χ0) is 19.4. The van der Waals surface area contributed by atoms with Crippen molar-refractivity contribution in [3.05, 3.63) is 64.6 Å². The van der Waals surface area contributed by atoms with Crippen molar-refractivity contribution in [3.63, 3.8) is 0 Å². The number of benzene rings is 1. The van der Waals surface area contributed by atoms with Crippen molar-refractivity contribution < 1.29 is 14.6 Å². The molecule has 0 spiro atoms. The first-order valence-electron chi connectivity index (χ1n) is 9.73. The number of aromatic nitrogens is 2. The Kier molecular flexibility index (Phi) is 3.91. The van der Waals surface area contributed by atoms with Gasteiger partial charge in [0.1, 0.15) is 6.10 Å². The van der Waals surface area contributed by atoms with Gasteiger partial charge in [-0.25, -0.2) is 4.98 Å². The SMILES string of the molecule is Cc1nc2c3c(c(C(=O)N4CC(O)C4)cn2c1C)CCC(c1ccccc1)O3. The van der Waals surface area contributed by atoms with Gasteiger partial charge in [0.05, 0.1) is 17.4 Å². The molecule has 144 valence electrons. The lowest BCUT2D eigenvalue weighted by atomic mass is 9.94. The Morgan fingerprint density at radius 3 is 2.68 bits per heavy atom. The van der Waals surface area contributed by atoms with Crippen LogP contribution in [0.1, 0.15) is 45.4 Å². The number of β-amino-alcohol motifs (C(OH)–C–C–N with tert-alkyl or cyclic N) is 1. The van der Waals surface area contributed by atoms with Gasteiger partial charge in [0, 0.05) is 30.5 Å². The molecule has 1 atom stereocenters. The van der Waals surface area contributed by atoms with Crippen LogP contribution in [0.3, 0.4) is 0 Å². The third-order valence-corrected chi connectivity index (χ3v) is 5.92. The average Bonchev–Trinajstić information content (AvgIpc) is 2.99. The number of aliphatic hydroxyl groups is 1. The Morgan fingerprint density at radius 1 is 1.21 bits per heavy atom. The Bertz CT molecular complexity index is 1070. The van der Waals surface area contributed by atoms with Crippen LogP contribution in [0.2, 0.25) is 0 Å². The summed E-state index contributed by atoms with van der Waals surface area (Å²) >= 11 is 0. The molecule has 6 nitrogen and oxygen atoms in total. The Hall–Kier alpha value is -2.86. The molecule has 1 aromatic carbocycles. The maximum absolute atomic E-state index is 13.1. The highest BCUT2D eigenvalue weighted by Crippen LogP contribution is 2.40. The van der Waals surface area contributed by atoms with Crippen molar-refractivity contribution in [1.82, 2.24) is 14.3 Å². The van der Waals surface area contributed by atoms with Crippen molar-refractivity contribution >= 4 is 11.6 Å². The Labute approximate surface area is 163 Å². The highest BCUT2D eigenvalue weighted by atomic mass is 16.5. The summed E-state index contributed by atoms with van der Waals surface area (Å²) < 4.78 is 8.40. The number of hydrogen-bond donors (Lipinski definition) is 1. The van der Waals surface area contributed by atoms with Crippen molar-refractivity contribution in [1.29, 1.82) is 0 Å². The summed E-state index contributed by atoms with van der Waals surface area (Å²) in [5.74, 6) is 0.666. The van der Waals surface area contributed by atoms with E-state index in [1.165, 1.54) is 0 Å². The molecule has 0 bridgehead atoms.